The Kier molecular flexibility index (Phi) is 6.58. The number of nitrogens with zero attached hydrogens (tertiary/aromatic N) is 6. The first kappa shape index (κ1) is 25.5. The van der Waals surface area contributed by atoms with Gasteiger partial charge in [0.05, 0.1) is 18.0 Å². The second-order valence-electron chi connectivity index (χ2n) is 10.4. The molecule has 2 aliphatic rings. The van der Waals surface area contributed by atoms with E-state index in [0.29, 0.717) is 32.7 Å². The molecule has 1 aliphatic carbocycles. The van der Waals surface area contributed by atoms with Crippen molar-refractivity contribution in [3.05, 3.63) is 70.6 Å². The highest BCUT2D eigenvalue weighted by molar-refractivity contribution is 9.10. The number of pyridine rings is 1. The largest absolute Gasteiger partial charge is 0.328 e. The van der Waals surface area contributed by atoms with E-state index in [1.54, 1.807) is 22.0 Å². The van der Waals surface area contributed by atoms with Crippen LogP contribution in [0.2, 0.25) is 0 Å². The van der Waals surface area contributed by atoms with E-state index in [1.165, 1.54) is 6.92 Å². The maximum absolute atomic E-state index is 13.8. The monoisotopic (exact) mass is 586 g/mol. The molecule has 3 aromatic heterocycles. The van der Waals surface area contributed by atoms with E-state index in [9.17, 15) is 14.4 Å². The molecule has 2 fully saturated rings. The molecule has 1 saturated carbocycles. The van der Waals surface area contributed by atoms with Crippen LogP contribution in [-0.2, 0) is 22.6 Å². The third-order valence-electron chi connectivity index (χ3n) is 7.81. The zero-order valence-electron chi connectivity index (χ0n) is 21.7. The van der Waals surface area contributed by atoms with E-state index in [2.05, 4.69) is 36.0 Å². The fourth-order valence-corrected chi connectivity index (χ4v) is 6.47. The Morgan fingerprint density at radius 3 is 2.59 bits per heavy atom. The summed E-state index contributed by atoms with van der Waals surface area (Å²) in [6.07, 6.45) is 6.36. The molecule has 1 amide bonds. The Morgan fingerprint density at radius 1 is 1.05 bits per heavy atom. The number of amides is 1. The molecule has 0 spiro atoms. The molecule has 4 aromatic rings. The van der Waals surface area contributed by atoms with Crippen LogP contribution in [0.5, 0.6) is 0 Å². The lowest BCUT2D eigenvalue weighted by Gasteiger charge is -2.34. The van der Waals surface area contributed by atoms with Gasteiger partial charge >= 0.3 is 0 Å². The molecule has 1 aromatic carbocycles. The summed E-state index contributed by atoms with van der Waals surface area (Å²) in [6, 6.07) is 10.8. The van der Waals surface area contributed by atoms with Crippen LogP contribution >= 0.6 is 15.9 Å². The van der Waals surface area contributed by atoms with E-state index in [1.807, 2.05) is 43.3 Å². The van der Waals surface area contributed by atoms with Gasteiger partial charge in [-0.3, -0.25) is 19.1 Å². The molecule has 39 heavy (non-hydrogen) atoms. The summed E-state index contributed by atoms with van der Waals surface area (Å²) in [5.41, 5.74) is 3.37. The van der Waals surface area contributed by atoms with Crippen molar-refractivity contribution in [2.24, 2.45) is 5.92 Å². The predicted octanol–water partition coefficient (Wildman–Crippen LogP) is 4.35. The molecule has 3 atom stereocenters. The van der Waals surface area contributed by atoms with Gasteiger partial charge in [-0.2, -0.15) is 5.10 Å². The number of carbonyl (C=O) groups excluding carboxylic acids is 3. The van der Waals surface area contributed by atoms with E-state index in [4.69, 9.17) is 0 Å². The molecule has 198 valence electrons. The van der Waals surface area contributed by atoms with Gasteiger partial charge in [0.1, 0.15) is 22.7 Å². The summed E-state index contributed by atoms with van der Waals surface area (Å²) in [6.45, 7) is 3.25. The number of Topliss-reactive ketones (excluding diaryl/α,β-unsaturated/α-hetero) is 2. The molecule has 0 radical (unpaired) electrons. The summed E-state index contributed by atoms with van der Waals surface area (Å²) < 4.78 is 2.27. The van der Waals surface area contributed by atoms with Crippen LogP contribution in [-0.4, -0.2) is 59.2 Å². The Balaban J connectivity index is 1.29. The van der Waals surface area contributed by atoms with Gasteiger partial charge in [-0.25, -0.2) is 15.0 Å². The molecule has 4 heterocycles. The van der Waals surface area contributed by atoms with Crippen molar-refractivity contribution in [1.29, 1.82) is 0 Å². The first-order valence-corrected chi connectivity index (χ1v) is 13.8. The summed E-state index contributed by atoms with van der Waals surface area (Å²) in [5, 5.41) is 5.22. The van der Waals surface area contributed by atoms with Crippen molar-refractivity contribution in [3.8, 4) is 11.1 Å². The highest BCUT2D eigenvalue weighted by Crippen LogP contribution is 2.43. The molecular weight excluding hydrogens is 560 g/mol. The summed E-state index contributed by atoms with van der Waals surface area (Å²) in [5.74, 6) is 0.522. The summed E-state index contributed by atoms with van der Waals surface area (Å²) in [4.78, 5) is 54.4. The van der Waals surface area contributed by atoms with Crippen LogP contribution in [0.25, 0.3) is 22.0 Å². The van der Waals surface area contributed by atoms with E-state index < -0.39 is 6.04 Å². The number of aryl methyl sites for hydroxylation is 1. The molecule has 0 N–H and O–H groups in total. The third-order valence-corrected chi connectivity index (χ3v) is 8.26. The highest BCUT2D eigenvalue weighted by Gasteiger charge is 2.50. The van der Waals surface area contributed by atoms with Gasteiger partial charge in [0.25, 0.3) is 0 Å². The third kappa shape index (κ3) is 4.78. The number of hydrogen-bond donors (Lipinski definition) is 0. The van der Waals surface area contributed by atoms with Crippen LogP contribution < -0.4 is 0 Å². The topological polar surface area (TPSA) is 111 Å². The number of ketones is 2. The van der Waals surface area contributed by atoms with Gasteiger partial charge in [-0.1, -0.05) is 12.1 Å². The zero-order valence-corrected chi connectivity index (χ0v) is 23.3. The van der Waals surface area contributed by atoms with Gasteiger partial charge in [0.2, 0.25) is 5.91 Å². The predicted molar refractivity (Wildman–Crippen MR) is 148 cm³/mol. The van der Waals surface area contributed by atoms with Crippen LogP contribution in [0.4, 0.5) is 0 Å². The first-order valence-electron chi connectivity index (χ1n) is 13.0. The average Bonchev–Trinajstić information content (AvgIpc) is 3.62. The number of rotatable bonds is 7. The van der Waals surface area contributed by atoms with Crippen molar-refractivity contribution >= 4 is 44.3 Å². The normalized spacial score (nSPS) is 20.1. The van der Waals surface area contributed by atoms with Gasteiger partial charge in [0, 0.05) is 42.0 Å². The number of hydrogen-bond acceptors (Lipinski definition) is 7. The number of halogens is 1. The number of aromatic nitrogens is 5. The summed E-state index contributed by atoms with van der Waals surface area (Å²) >= 11 is 3.37. The first-order chi connectivity index (χ1) is 18.8. The van der Waals surface area contributed by atoms with Crippen molar-refractivity contribution in [3.63, 3.8) is 0 Å². The van der Waals surface area contributed by atoms with E-state index in [-0.39, 0.29) is 42.4 Å². The van der Waals surface area contributed by atoms with Gasteiger partial charge < -0.3 is 4.90 Å². The standard InChI is InChI=1S/C29H27BrN6O3/c1-16(37)28-23-11-18(20-13-31-17(2)32-14-20)7-9-24(23)35(34-28)15-27(39)36-22-8-6-19(10-22)29(36)25(38)12-21-4-3-5-26(30)33-21/h3-5,7,9,11,13-14,19,22,29H,6,8,10,12,15H2,1-2H3/t19-,22+,29+/m1/s1. The molecule has 10 heteroatoms. The van der Waals surface area contributed by atoms with Gasteiger partial charge in [-0.15, -0.1) is 0 Å². The van der Waals surface area contributed by atoms with Crippen LogP contribution in [0, 0.1) is 12.8 Å². The Labute approximate surface area is 233 Å². The summed E-state index contributed by atoms with van der Waals surface area (Å²) in [7, 11) is 0. The maximum atomic E-state index is 13.8. The van der Waals surface area contributed by atoms with Crippen molar-refractivity contribution < 1.29 is 14.4 Å². The number of likely N-dealkylation sites (tertiary alicyclic amines) is 1. The molecule has 1 aliphatic heterocycles. The lowest BCUT2D eigenvalue weighted by molar-refractivity contribution is -0.142. The van der Waals surface area contributed by atoms with Crippen molar-refractivity contribution in [2.45, 2.75) is 58.2 Å². The number of benzene rings is 1. The van der Waals surface area contributed by atoms with Crippen LogP contribution in [0.15, 0.2) is 53.4 Å². The fraction of sp³-hybridized carbons (Fsp3) is 0.345. The van der Waals surface area contributed by atoms with E-state index in [0.717, 1.165) is 30.4 Å². The molecule has 6 rings (SSSR count). The number of carbonyl (C=O) groups is 3. The van der Waals surface area contributed by atoms with Crippen LogP contribution in [0.3, 0.4) is 0 Å². The molecule has 9 nitrogen and oxygen atoms in total. The quantitative estimate of drug-likeness (QED) is 0.234. The second kappa shape index (κ2) is 10.1. The average molecular weight is 587 g/mol. The maximum Gasteiger partial charge on any atom is 0.245 e. The zero-order chi connectivity index (χ0) is 27.3. The SMILES string of the molecule is CC(=O)c1nn(CC(=O)N2[C@H]3CC[C@H](C3)[C@H]2C(=O)Cc2cccc(Br)n2)c2ccc(-c3cnc(C)nc3)cc12. The molecule has 1 saturated heterocycles. The lowest BCUT2D eigenvalue weighted by Crippen LogP contribution is -2.50. The second-order valence-corrected chi connectivity index (χ2v) is 11.2. The Morgan fingerprint density at radius 2 is 1.85 bits per heavy atom. The van der Waals surface area contributed by atoms with Gasteiger partial charge in [-0.05, 0) is 77.9 Å². The Hall–Kier alpha value is -3.79. The minimum Gasteiger partial charge on any atom is -0.328 e. The lowest BCUT2D eigenvalue weighted by atomic mass is 9.92. The minimum atomic E-state index is -0.459. The van der Waals surface area contributed by atoms with Crippen molar-refractivity contribution in [2.75, 3.05) is 0 Å². The smallest absolute Gasteiger partial charge is 0.245 e. The minimum absolute atomic E-state index is 0.0147. The number of fused-ring (bicyclic) bond motifs is 3. The van der Waals surface area contributed by atoms with E-state index >= 15 is 0 Å². The number of piperidine rings is 1. The van der Waals surface area contributed by atoms with Crippen LogP contribution in [0.1, 0.15) is 48.2 Å². The molecule has 2 bridgehead atoms. The highest BCUT2D eigenvalue weighted by atomic mass is 79.9. The van der Waals surface area contributed by atoms with Gasteiger partial charge in [0.15, 0.2) is 11.6 Å². The molecular formula is C29H27BrN6O3. The Bertz CT molecular complexity index is 1620. The molecule has 0 unspecified atom stereocenters. The fourth-order valence-electron chi connectivity index (χ4n) is 6.08. The van der Waals surface area contributed by atoms with Crippen molar-refractivity contribution in [1.82, 2.24) is 29.6 Å².